The summed E-state index contributed by atoms with van der Waals surface area (Å²) in [7, 11) is 2.84. The van der Waals surface area contributed by atoms with Gasteiger partial charge in [-0.3, -0.25) is 14.6 Å². The van der Waals surface area contributed by atoms with Crippen LogP contribution in [0.15, 0.2) is 4.99 Å². The zero-order valence-corrected chi connectivity index (χ0v) is 17.2. The number of likely N-dealkylation sites (tertiary alicyclic amines) is 1. The van der Waals surface area contributed by atoms with Crippen molar-refractivity contribution < 1.29 is 19.1 Å². The third-order valence-electron chi connectivity index (χ3n) is 3.94. The molecule has 0 aliphatic carbocycles. The second-order valence-electron chi connectivity index (χ2n) is 5.55. The van der Waals surface area contributed by atoms with Gasteiger partial charge in [-0.2, -0.15) is 0 Å². The summed E-state index contributed by atoms with van der Waals surface area (Å²) in [4.78, 5) is 29.4. The molecule has 1 saturated heterocycles. The number of guanidine groups is 1. The molecule has 0 unspecified atom stereocenters. The van der Waals surface area contributed by atoms with Gasteiger partial charge in [-0.25, -0.2) is 0 Å². The largest absolute Gasteiger partial charge is 0.469 e. The summed E-state index contributed by atoms with van der Waals surface area (Å²) in [6, 6.07) is 0. The summed E-state index contributed by atoms with van der Waals surface area (Å²) < 4.78 is 9.43. The van der Waals surface area contributed by atoms with E-state index in [1.165, 1.54) is 14.2 Å². The average Bonchev–Trinajstić information content (AvgIpc) is 2.59. The Labute approximate surface area is 161 Å². The topological polar surface area (TPSA) is 80.2 Å². The van der Waals surface area contributed by atoms with E-state index < -0.39 is 0 Å². The maximum Gasteiger partial charge on any atom is 0.308 e. The van der Waals surface area contributed by atoms with Crippen LogP contribution in [0.25, 0.3) is 0 Å². The SMILES string of the molecule is CCNC(=NCCCCC(=O)OC)N1CCC(C(=O)OC)CC1.I. The molecule has 0 radical (unpaired) electrons. The summed E-state index contributed by atoms with van der Waals surface area (Å²) in [5.74, 6) is 0.591. The van der Waals surface area contributed by atoms with Crippen molar-refractivity contribution in [3.05, 3.63) is 0 Å². The number of hydrogen-bond donors (Lipinski definition) is 1. The molecular weight excluding hydrogens is 425 g/mol. The van der Waals surface area contributed by atoms with E-state index in [1.807, 2.05) is 6.92 Å². The van der Waals surface area contributed by atoms with E-state index in [0.717, 1.165) is 51.3 Å². The Morgan fingerprint density at radius 1 is 1.17 bits per heavy atom. The number of carbonyl (C=O) groups is 2. The van der Waals surface area contributed by atoms with Gasteiger partial charge in [0.15, 0.2) is 5.96 Å². The molecule has 7 nitrogen and oxygen atoms in total. The fraction of sp³-hybridized carbons (Fsp3) is 0.812. The molecule has 140 valence electrons. The highest BCUT2D eigenvalue weighted by atomic mass is 127. The van der Waals surface area contributed by atoms with E-state index in [1.54, 1.807) is 0 Å². The lowest BCUT2D eigenvalue weighted by Gasteiger charge is -2.33. The number of hydrogen-bond acceptors (Lipinski definition) is 5. The highest BCUT2D eigenvalue weighted by molar-refractivity contribution is 14.0. The second kappa shape index (κ2) is 13.3. The van der Waals surface area contributed by atoms with Gasteiger partial charge in [0.2, 0.25) is 0 Å². The molecule has 0 atom stereocenters. The second-order valence-corrected chi connectivity index (χ2v) is 5.55. The Kier molecular flexibility index (Phi) is 12.7. The molecule has 1 aliphatic heterocycles. The van der Waals surface area contributed by atoms with Gasteiger partial charge in [0.25, 0.3) is 0 Å². The summed E-state index contributed by atoms with van der Waals surface area (Å²) >= 11 is 0. The highest BCUT2D eigenvalue weighted by Gasteiger charge is 2.26. The normalized spacial score (nSPS) is 15.5. The van der Waals surface area contributed by atoms with Gasteiger partial charge in [-0.05, 0) is 32.6 Å². The smallest absolute Gasteiger partial charge is 0.308 e. The number of rotatable bonds is 7. The minimum atomic E-state index is -0.175. The highest BCUT2D eigenvalue weighted by Crippen LogP contribution is 2.18. The maximum absolute atomic E-state index is 11.6. The minimum absolute atomic E-state index is 0. The summed E-state index contributed by atoms with van der Waals surface area (Å²) in [6.45, 7) is 5.11. The zero-order chi connectivity index (χ0) is 17.1. The molecule has 0 amide bonds. The van der Waals surface area contributed by atoms with Gasteiger partial charge < -0.3 is 19.7 Å². The van der Waals surface area contributed by atoms with Crippen LogP contribution in [0, 0.1) is 5.92 Å². The molecule has 1 N–H and O–H groups in total. The van der Waals surface area contributed by atoms with Crippen LogP contribution < -0.4 is 5.32 Å². The van der Waals surface area contributed by atoms with Crippen molar-refractivity contribution in [3.63, 3.8) is 0 Å². The molecular formula is C16H30IN3O4. The molecule has 1 rings (SSSR count). The van der Waals surface area contributed by atoms with E-state index in [-0.39, 0.29) is 41.8 Å². The van der Waals surface area contributed by atoms with Gasteiger partial charge in [0.1, 0.15) is 0 Å². The van der Waals surface area contributed by atoms with Crippen LogP contribution in [0.4, 0.5) is 0 Å². The Morgan fingerprint density at radius 3 is 2.38 bits per heavy atom. The molecule has 1 fully saturated rings. The Morgan fingerprint density at radius 2 is 1.83 bits per heavy atom. The summed E-state index contributed by atoms with van der Waals surface area (Å²) in [6.07, 6.45) is 3.65. The number of nitrogens with one attached hydrogen (secondary N) is 1. The van der Waals surface area contributed by atoms with Crippen molar-refractivity contribution in [1.29, 1.82) is 0 Å². The molecule has 0 spiro atoms. The number of ether oxygens (including phenoxy) is 2. The fourth-order valence-corrected chi connectivity index (χ4v) is 2.59. The number of esters is 2. The Hall–Kier alpha value is -1.06. The lowest BCUT2D eigenvalue weighted by Crippen LogP contribution is -2.46. The minimum Gasteiger partial charge on any atom is -0.469 e. The quantitative estimate of drug-likeness (QED) is 0.207. The molecule has 8 heteroatoms. The first kappa shape index (κ1) is 22.9. The maximum atomic E-state index is 11.6. The molecule has 1 heterocycles. The van der Waals surface area contributed by atoms with E-state index in [9.17, 15) is 9.59 Å². The molecule has 0 aromatic rings. The molecule has 0 aromatic carbocycles. The van der Waals surface area contributed by atoms with Crippen LogP contribution in [-0.2, 0) is 19.1 Å². The van der Waals surface area contributed by atoms with Gasteiger partial charge in [0, 0.05) is 32.6 Å². The first-order valence-corrected chi connectivity index (χ1v) is 8.30. The number of halogens is 1. The predicted molar refractivity (Wildman–Crippen MR) is 104 cm³/mol. The lowest BCUT2D eigenvalue weighted by molar-refractivity contribution is -0.146. The van der Waals surface area contributed by atoms with E-state index in [0.29, 0.717) is 13.0 Å². The number of piperidine rings is 1. The number of methoxy groups -OCH3 is 2. The van der Waals surface area contributed by atoms with Gasteiger partial charge >= 0.3 is 11.9 Å². The first-order chi connectivity index (χ1) is 11.1. The monoisotopic (exact) mass is 455 g/mol. The molecule has 0 saturated carbocycles. The van der Waals surface area contributed by atoms with Crippen LogP contribution in [0.5, 0.6) is 0 Å². The summed E-state index contributed by atoms with van der Waals surface area (Å²) in [5, 5.41) is 3.29. The standard InChI is InChI=1S/C16H29N3O4.HI/c1-4-17-16(18-10-6-5-7-14(20)22-2)19-11-8-13(9-12-19)15(21)23-3;/h13H,4-12H2,1-3H3,(H,17,18);1H. The third kappa shape index (κ3) is 8.16. The van der Waals surface area contributed by atoms with Crippen LogP contribution in [-0.4, -0.2) is 63.2 Å². The molecule has 24 heavy (non-hydrogen) atoms. The molecule has 0 bridgehead atoms. The van der Waals surface area contributed by atoms with Gasteiger partial charge in [0.05, 0.1) is 20.1 Å². The van der Waals surface area contributed by atoms with Crippen molar-refractivity contribution >= 4 is 41.9 Å². The van der Waals surface area contributed by atoms with Gasteiger partial charge in [-0.15, -0.1) is 24.0 Å². The first-order valence-electron chi connectivity index (χ1n) is 8.30. The summed E-state index contributed by atoms with van der Waals surface area (Å²) in [5.41, 5.74) is 0. The van der Waals surface area contributed by atoms with Crippen molar-refractivity contribution in [1.82, 2.24) is 10.2 Å². The molecule has 1 aliphatic rings. The van der Waals surface area contributed by atoms with E-state index in [4.69, 9.17) is 4.74 Å². The molecule has 0 aromatic heterocycles. The van der Waals surface area contributed by atoms with Crippen molar-refractivity contribution in [2.75, 3.05) is 40.4 Å². The Balaban J connectivity index is 0.00000529. The van der Waals surface area contributed by atoms with Crippen LogP contribution in [0.3, 0.4) is 0 Å². The zero-order valence-electron chi connectivity index (χ0n) is 14.9. The van der Waals surface area contributed by atoms with Crippen molar-refractivity contribution in [2.24, 2.45) is 10.9 Å². The van der Waals surface area contributed by atoms with E-state index in [2.05, 4.69) is 19.9 Å². The number of carbonyl (C=O) groups excluding carboxylic acids is 2. The van der Waals surface area contributed by atoms with Crippen molar-refractivity contribution in [3.8, 4) is 0 Å². The van der Waals surface area contributed by atoms with Crippen LogP contribution in [0.2, 0.25) is 0 Å². The van der Waals surface area contributed by atoms with E-state index >= 15 is 0 Å². The number of nitrogens with zero attached hydrogens (tertiary/aromatic N) is 2. The van der Waals surface area contributed by atoms with Crippen LogP contribution in [0.1, 0.15) is 39.0 Å². The van der Waals surface area contributed by atoms with Crippen LogP contribution >= 0.6 is 24.0 Å². The average molecular weight is 455 g/mol. The number of aliphatic imine (C=N–C) groups is 1. The predicted octanol–water partition coefficient (Wildman–Crippen LogP) is 1.80. The Bertz CT molecular complexity index is 410. The lowest BCUT2D eigenvalue weighted by atomic mass is 9.97. The number of unbranched alkanes of at least 4 members (excludes halogenated alkanes) is 1. The van der Waals surface area contributed by atoms with Gasteiger partial charge in [-0.1, -0.05) is 0 Å². The fourth-order valence-electron chi connectivity index (χ4n) is 2.59. The third-order valence-corrected chi connectivity index (χ3v) is 3.94. The van der Waals surface area contributed by atoms with Crippen molar-refractivity contribution in [2.45, 2.75) is 39.0 Å².